The molecule has 0 nitrogen and oxygen atoms in total. The Balaban J connectivity index is 0.00000120. The molecular weight excluding hydrogens is 227 g/mol. The van der Waals surface area contributed by atoms with E-state index in [4.69, 9.17) is 0 Å². The summed E-state index contributed by atoms with van der Waals surface area (Å²) in [5, 5.41) is 5.20. The molecule has 0 N–H and O–H groups in total. The van der Waals surface area contributed by atoms with Crippen molar-refractivity contribution < 1.29 is 0 Å². The Labute approximate surface area is 130 Å². The third kappa shape index (κ3) is 2.12. The van der Waals surface area contributed by atoms with Crippen molar-refractivity contribution in [1.82, 2.24) is 0 Å². The van der Waals surface area contributed by atoms with Gasteiger partial charge in [-0.3, -0.25) is 0 Å². The predicted octanol–water partition coefficient (Wildman–Crippen LogP) is 4.65. The number of hydrogen-bond acceptors (Lipinski definition) is 0. The zero-order valence-corrected chi connectivity index (χ0v) is 12.9. The standard InChI is InChI=1S/C17H14.Na/c1-12(2)14-8-5-9-16-15-7-4-3-6-13(15)10-11-17(14)16;/h3-11H,1H2,2H3;. The van der Waals surface area contributed by atoms with E-state index in [1.54, 1.807) is 0 Å². The van der Waals surface area contributed by atoms with Crippen LogP contribution in [-0.2, 0) is 0 Å². The van der Waals surface area contributed by atoms with Crippen LogP contribution >= 0.6 is 0 Å². The van der Waals surface area contributed by atoms with E-state index in [1.807, 2.05) is 0 Å². The van der Waals surface area contributed by atoms with Crippen LogP contribution in [0.15, 0.2) is 61.2 Å². The number of allylic oxidation sites excluding steroid dienone is 1. The number of rotatable bonds is 1. The summed E-state index contributed by atoms with van der Waals surface area (Å²) < 4.78 is 0. The van der Waals surface area contributed by atoms with Crippen molar-refractivity contribution >= 4 is 56.7 Å². The number of hydrogen-bond donors (Lipinski definition) is 0. The third-order valence-corrected chi connectivity index (χ3v) is 3.25. The molecule has 0 heterocycles. The van der Waals surface area contributed by atoms with Gasteiger partial charge in [-0.25, -0.2) is 0 Å². The first-order valence-electron chi connectivity index (χ1n) is 5.84. The van der Waals surface area contributed by atoms with Gasteiger partial charge in [0.1, 0.15) is 0 Å². The van der Waals surface area contributed by atoms with E-state index in [9.17, 15) is 0 Å². The summed E-state index contributed by atoms with van der Waals surface area (Å²) in [7, 11) is 0. The molecule has 0 saturated heterocycles. The number of fused-ring (bicyclic) bond motifs is 3. The second-order valence-corrected chi connectivity index (χ2v) is 4.47. The Morgan fingerprint density at radius 1 is 0.778 bits per heavy atom. The molecule has 3 aromatic carbocycles. The molecule has 0 atom stereocenters. The second-order valence-electron chi connectivity index (χ2n) is 4.47. The summed E-state index contributed by atoms with van der Waals surface area (Å²) in [6.07, 6.45) is 0. The van der Waals surface area contributed by atoms with Crippen molar-refractivity contribution in [2.75, 3.05) is 0 Å². The van der Waals surface area contributed by atoms with Crippen LogP contribution in [0.4, 0.5) is 0 Å². The average Bonchev–Trinajstić information content (AvgIpc) is 2.37. The monoisotopic (exact) mass is 241 g/mol. The Morgan fingerprint density at radius 2 is 1.50 bits per heavy atom. The molecule has 18 heavy (non-hydrogen) atoms. The summed E-state index contributed by atoms with van der Waals surface area (Å²) >= 11 is 0. The van der Waals surface area contributed by atoms with Crippen LogP contribution < -0.4 is 0 Å². The minimum atomic E-state index is 0. The molecule has 3 aromatic rings. The van der Waals surface area contributed by atoms with Crippen molar-refractivity contribution in [3.8, 4) is 0 Å². The van der Waals surface area contributed by atoms with Crippen molar-refractivity contribution in [3.63, 3.8) is 0 Å². The van der Waals surface area contributed by atoms with Gasteiger partial charge in [-0.1, -0.05) is 66.7 Å². The van der Waals surface area contributed by atoms with Crippen molar-refractivity contribution in [3.05, 3.63) is 66.7 Å². The van der Waals surface area contributed by atoms with Gasteiger partial charge < -0.3 is 0 Å². The first-order valence-corrected chi connectivity index (χ1v) is 5.84. The third-order valence-electron chi connectivity index (χ3n) is 3.25. The van der Waals surface area contributed by atoms with E-state index < -0.39 is 0 Å². The van der Waals surface area contributed by atoms with Crippen LogP contribution in [-0.4, -0.2) is 29.6 Å². The van der Waals surface area contributed by atoms with Gasteiger partial charge in [0.2, 0.25) is 0 Å². The fourth-order valence-corrected chi connectivity index (χ4v) is 2.41. The quantitative estimate of drug-likeness (QED) is 0.430. The summed E-state index contributed by atoms with van der Waals surface area (Å²) in [6, 6.07) is 19.3. The Hall–Kier alpha value is -1.08. The van der Waals surface area contributed by atoms with Crippen LogP contribution in [0, 0.1) is 0 Å². The summed E-state index contributed by atoms with van der Waals surface area (Å²) in [5.41, 5.74) is 2.36. The first-order chi connectivity index (χ1) is 8.27. The summed E-state index contributed by atoms with van der Waals surface area (Å²) in [5.74, 6) is 0. The average molecular weight is 241 g/mol. The predicted molar refractivity (Wildman–Crippen MR) is 81.9 cm³/mol. The van der Waals surface area contributed by atoms with E-state index >= 15 is 0 Å². The van der Waals surface area contributed by atoms with E-state index in [1.165, 1.54) is 27.1 Å². The fourth-order valence-electron chi connectivity index (χ4n) is 2.41. The van der Waals surface area contributed by atoms with Crippen molar-refractivity contribution in [1.29, 1.82) is 0 Å². The zero-order valence-electron chi connectivity index (χ0n) is 10.9. The first kappa shape index (κ1) is 13.4. The molecule has 1 radical (unpaired) electrons. The van der Waals surface area contributed by atoms with Gasteiger partial charge in [0.05, 0.1) is 0 Å². The Bertz CT molecular complexity index is 726. The van der Waals surface area contributed by atoms with Gasteiger partial charge >= 0.3 is 0 Å². The maximum Gasteiger partial charge on any atom is 0 e. The molecule has 0 unspecified atom stereocenters. The maximum atomic E-state index is 4.06. The van der Waals surface area contributed by atoms with E-state index in [0.29, 0.717) is 0 Å². The van der Waals surface area contributed by atoms with Gasteiger partial charge in [0, 0.05) is 29.6 Å². The Morgan fingerprint density at radius 3 is 2.28 bits per heavy atom. The van der Waals surface area contributed by atoms with Gasteiger partial charge in [0.15, 0.2) is 0 Å². The molecule has 0 aliphatic carbocycles. The molecule has 0 aliphatic rings. The van der Waals surface area contributed by atoms with Gasteiger partial charge in [0.25, 0.3) is 0 Å². The van der Waals surface area contributed by atoms with Gasteiger partial charge in [-0.05, 0) is 34.0 Å². The molecule has 3 rings (SSSR count). The van der Waals surface area contributed by atoms with Crippen LogP contribution in [0.2, 0.25) is 0 Å². The Kier molecular flexibility index (Phi) is 3.91. The van der Waals surface area contributed by atoms with Crippen molar-refractivity contribution in [2.24, 2.45) is 0 Å². The smallest absolute Gasteiger partial charge is 0 e. The zero-order chi connectivity index (χ0) is 11.8. The normalized spacial score (nSPS) is 10.3. The molecule has 0 aromatic heterocycles. The topological polar surface area (TPSA) is 0 Å². The van der Waals surface area contributed by atoms with Crippen LogP contribution in [0.1, 0.15) is 12.5 Å². The maximum absolute atomic E-state index is 4.06. The summed E-state index contributed by atoms with van der Waals surface area (Å²) in [4.78, 5) is 0. The molecular formula is C17H14Na. The number of benzene rings is 3. The second kappa shape index (κ2) is 5.27. The fraction of sp³-hybridized carbons (Fsp3) is 0.0588. The van der Waals surface area contributed by atoms with E-state index in [-0.39, 0.29) is 29.6 Å². The van der Waals surface area contributed by atoms with E-state index in [0.717, 1.165) is 5.57 Å². The van der Waals surface area contributed by atoms with Gasteiger partial charge in [-0.15, -0.1) is 0 Å². The molecule has 0 aliphatic heterocycles. The van der Waals surface area contributed by atoms with E-state index in [2.05, 4.69) is 68.1 Å². The van der Waals surface area contributed by atoms with Gasteiger partial charge in [-0.2, -0.15) is 0 Å². The molecule has 1 heteroatoms. The molecule has 0 bridgehead atoms. The molecule has 0 amide bonds. The molecule has 0 fully saturated rings. The van der Waals surface area contributed by atoms with Crippen LogP contribution in [0.25, 0.3) is 27.1 Å². The van der Waals surface area contributed by atoms with Crippen LogP contribution in [0.3, 0.4) is 0 Å². The largest absolute Gasteiger partial charge is 0.0955 e. The van der Waals surface area contributed by atoms with Crippen molar-refractivity contribution in [2.45, 2.75) is 6.92 Å². The van der Waals surface area contributed by atoms with Crippen LogP contribution in [0.5, 0.6) is 0 Å². The summed E-state index contributed by atoms with van der Waals surface area (Å²) in [6.45, 7) is 6.12. The molecule has 0 saturated carbocycles. The molecule has 83 valence electrons. The SMILES string of the molecule is C=C(C)c1cccc2c1ccc1ccccc12.[Na]. The molecule has 0 spiro atoms. The minimum absolute atomic E-state index is 0. The minimum Gasteiger partial charge on any atom is -0.0955 e.